The Bertz CT molecular complexity index is 618. The largest absolute Gasteiger partial charge is 0.331 e. The van der Waals surface area contributed by atoms with E-state index in [2.05, 4.69) is 35.1 Å². The van der Waals surface area contributed by atoms with Crippen LogP contribution in [0.25, 0.3) is 11.0 Å². The van der Waals surface area contributed by atoms with E-state index < -0.39 is 0 Å². The maximum atomic E-state index is 4.93. The predicted molar refractivity (Wildman–Crippen MR) is 82.2 cm³/mol. The van der Waals surface area contributed by atoms with Crippen LogP contribution in [-0.2, 0) is 7.05 Å². The number of benzene rings is 1. The summed E-state index contributed by atoms with van der Waals surface area (Å²) in [7, 11) is 2.17. The molecule has 2 heterocycles. The molecular weight excluding hydrogens is 246 g/mol. The molecule has 1 saturated heterocycles. The van der Waals surface area contributed by atoms with Crippen molar-refractivity contribution in [2.75, 3.05) is 13.1 Å². The molecule has 3 heteroatoms. The van der Waals surface area contributed by atoms with E-state index in [4.69, 9.17) is 4.98 Å². The van der Waals surface area contributed by atoms with Gasteiger partial charge in [-0.25, -0.2) is 4.98 Å². The molecule has 3 nitrogen and oxygen atoms in total. The van der Waals surface area contributed by atoms with Crippen LogP contribution in [0.2, 0.25) is 0 Å². The number of fused-ring (bicyclic) bond motifs is 1. The van der Waals surface area contributed by atoms with Crippen molar-refractivity contribution in [2.45, 2.75) is 43.9 Å². The van der Waals surface area contributed by atoms with Crippen molar-refractivity contribution in [2.24, 2.45) is 7.05 Å². The Morgan fingerprint density at radius 1 is 1.15 bits per heavy atom. The number of nitrogens with zero attached hydrogens (tertiary/aromatic N) is 2. The molecule has 0 bridgehead atoms. The Kier molecular flexibility index (Phi) is 3.03. The van der Waals surface area contributed by atoms with Gasteiger partial charge in [0.2, 0.25) is 0 Å². The van der Waals surface area contributed by atoms with Gasteiger partial charge in [-0.05, 0) is 55.8 Å². The molecule has 20 heavy (non-hydrogen) atoms. The first-order valence-corrected chi connectivity index (χ1v) is 8.00. The van der Waals surface area contributed by atoms with Crippen LogP contribution in [0, 0.1) is 0 Å². The fraction of sp³-hybridized carbons (Fsp3) is 0.588. The number of piperidine rings is 1. The Balaban J connectivity index is 1.71. The third-order valence-corrected chi connectivity index (χ3v) is 5.18. The summed E-state index contributed by atoms with van der Waals surface area (Å²) < 4.78 is 2.31. The number of imidazole rings is 1. The number of hydrogen-bond donors (Lipinski definition) is 1. The third kappa shape index (κ3) is 1.96. The first kappa shape index (κ1) is 12.4. The molecule has 1 aliphatic carbocycles. The zero-order chi connectivity index (χ0) is 13.5. The lowest BCUT2D eigenvalue weighted by Crippen LogP contribution is -2.28. The van der Waals surface area contributed by atoms with E-state index in [0.29, 0.717) is 11.8 Å². The van der Waals surface area contributed by atoms with Gasteiger partial charge in [0.05, 0.1) is 11.0 Å². The van der Waals surface area contributed by atoms with Gasteiger partial charge in [-0.3, -0.25) is 0 Å². The molecule has 1 aromatic heterocycles. The van der Waals surface area contributed by atoms with E-state index >= 15 is 0 Å². The van der Waals surface area contributed by atoms with Crippen molar-refractivity contribution in [3.63, 3.8) is 0 Å². The summed E-state index contributed by atoms with van der Waals surface area (Å²) in [5.74, 6) is 2.67. The third-order valence-electron chi connectivity index (χ3n) is 5.18. The summed E-state index contributed by atoms with van der Waals surface area (Å²) in [6, 6.07) is 6.91. The summed E-state index contributed by atoms with van der Waals surface area (Å²) in [5, 5.41) is 3.51. The zero-order valence-corrected chi connectivity index (χ0v) is 12.2. The van der Waals surface area contributed by atoms with Gasteiger partial charge in [0, 0.05) is 19.5 Å². The molecule has 1 aromatic carbocycles. The number of rotatable bonds is 2. The highest BCUT2D eigenvalue weighted by molar-refractivity contribution is 5.77. The van der Waals surface area contributed by atoms with Crippen molar-refractivity contribution in [1.29, 1.82) is 0 Å². The molecule has 2 aliphatic rings. The minimum Gasteiger partial charge on any atom is -0.331 e. The van der Waals surface area contributed by atoms with Crippen molar-refractivity contribution >= 4 is 11.0 Å². The molecule has 1 aliphatic heterocycles. The number of aromatic nitrogens is 2. The second kappa shape index (κ2) is 4.88. The minimum atomic E-state index is 0.669. The van der Waals surface area contributed by atoms with Crippen LogP contribution in [0.4, 0.5) is 0 Å². The van der Waals surface area contributed by atoms with E-state index in [1.54, 1.807) is 0 Å². The normalized spacial score (nSPS) is 23.9. The highest BCUT2D eigenvalue weighted by Gasteiger charge is 2.25. The molecule has 0 spiro atoms. The Labute approximate surface area is 120 Å². The smallest absolute Gasteiger partial charge is 0.112 e. The molecule has 0 radical (unpaired) electrons. The van der Waals surface area contributed by atoms with Crippen LogP contribution < -0.4 is 5.32 Å². The van der Waals surface area contributed by atoms with E-state index in [9.17, 15) is 0 Å². The molecule has 106 valence electrons. The SMILES string of the molecule is Cn1c(C2CCC2)nc2cc(C3CCCNC3)ccc21. The minimum absolute atomic E-state index is 0.669. The second-order valence-corrected chi connectivity index (χ2v) is 6.45. The molecule has 1 atom stereocenters. The van der Waals surface area contributed by atoms with Crippen molar-refractivity contribution in [3.8, 4) is 0 Å². The average molecular weight is 269 g/mol. The van der Waals surface area contributed by atoms with Gasteiger partial charge < -0.3 is 9.88 Å². The van der Waals surface area contributed by atoms with Crippen LogP contribution >= 0.6 is 0 Å². The lowest BCUT2D eigenvalue weighted by atomic mass is 9.85. The lowest BCUT2D eigenvalue weighted by molar-refractivity contribution is 0.395. The van der Waals surface area contributed by atoms with Gasteiger partial charge in [-0.15, -0.1) is 0 Å². The maximum absolute atomic E-state index is 4.93. The van der Waals surface area contributed by atoms with Crippen molar-refractivity contribution < 1.29 is 0 Å². The van der Waals surface area contributed by atoms with Crippen molar-refractivity contribution in [1.82, 2.24) is 14.9 Å². The fourth-order valence-electron chi connectivity index (χ4n) is 3.66. The molecule has 1 saturated carbocycles. The van der Waals surface area contributed by atoms with E-state index in [1.165, 1.54) is 61.1 Å². The van der Waals surface area contributed by atoms with Gasteiger partial charge >= 0.3 is 0 Å². The quantitative estimate of drug-likeness (QED) is 0.906. The van der Waals surface area contributed by atoms with Crippen LogP contribution in [0.15, 0.2) is 18.2 Å². The Morgan fingerprint density at radius 3 is 2.70 bits per heavy atom. The first-order chi connectivity index (χ1) is 9.83. The molecular formula is C17H23N3. The van der Waals surface area contributed by atoms with E-state index in [1.807, 2.05) is 0 Å². The molecule has 4 rings (SSSR count). The van der Waals surface area contributed by atoms with Gasteiger partial charge in [0.25, 0.3) is 0 Å². The van der Waals surface area contributed by atoms with E-state index in [0.717, 1.165) is 6.54 Å². The fourth-order valence-corrected chi connectivity index (χ4v) is 3.66. The van der Waals surface area contributed by atoms with E-state index in [-0.39, 0.29) is 0 Å². The predicted octanol–water partition coefficient (Wildman–Crippen LogP) is 3.31. The highest BCUT2D eigenvalue weighted by Crippen LogP contribution is 2.37. The highest BCUT2D eigenvalue weighted by atomic mass is 15.1. The molecule has 0 amide bonds. The summed E-state index contributed by atoms with van der Waals surface area (Å²) in [5.41, 5.74) is 3.94. The summed E-state index contributed by atoms with van der Waals surface area (Å²) in [6.45, 7) is 2.29. The lowest BCUT2D eigenvalue weighted by Gasteiger charge is -2.24. The maximum Gasteiger partial charge on any atom is 0.112 e. The second-order valence-electron chi connectivity index (χ2n) is 6.45. The summed E-state index contributed by atoms with van der Waals surface area (Å²) >= 11 is 0. The average Bonchev–Trinajstić information content (AvgIpc) is 2.75. The van der Waals surface area contributed by atoms with Gasteiger partial charge in [0.1, 0.15) is 5.82 Å². The zero-order valence-electron chi connectivity index (χ0n) is 12.2. The number of hydrogen-bond acceptors (Lipinski definition) is 2. The number of nitrogens with one attached hydrogen (secondary N) is 1. The number of aryl methyl sites for hydroxylation is 1. The Hall–Kier alpha value is -1.35. The van der Waals surface area contributed by atoms with Crippen LogP contribution in [-0.4, -0.2) is 22.6 Å². The first-order valence-electron chi connectivity index (χ1n) is 8.00. The topological polar surface area (TPSA) is 29.9 Å². The van der Waals surface area contributed by atoms with Gasteiger partial charge in [-0.2, -0.15) is 0 Å². The van der Waals surface area contributed by atoms with Gasteiger partial charge in [-0.1, -0.05) is 12.5 Å². The van der Waals surface area contributed by atoms with Gasteiger partial charge in [0.15, 0.2) is 0 Å². The molecule has 1 unspecified atom stereocenters. The van der Waals surface area contributed by atoms with Crippen LogP contribution in [0.5, 0.6) is 0 Å². The molecule has 1 N–H and O–H groups in total. The molecule has 2 fully saturated rings. The monoisotopic (exact) mass is 269 g/mol. The standard InChI is InChI=1S/C17H23N3/c1-20-16-8-7-13(14-6-3-9-18-11-14)10-15(16)19-17(20)12-4-2-5-12/h7-8,10,12,14,18H,2-6,9,11H2,1H3. The summed E-state index contributed by atoms with van der Waals surface area (Å²) in [6.07, 6.45) is 6.60. The molecule has 2 aromatic rings. The summed E-state index contributed by atoms with van der Waals surface area (Å²) in [4.78, 5) is 4.93. The van der Waals surface area contributed by atoms with Crippen molar-refractivity contribution in [3.05, 3.63) is 29.6 Å². The van der Waals surface area contributed by atoms with Crippen LogP contribution in [0.1, 0.15) is 55.3 Å². The van der Waals surface area contributed by atoms with Crippen LogP contribution in [0.3, 0.4) is 0 Å². The Morgan fingerprint density at radius 2 is 2.00 bits per heavy atom.